The molecule has 4 nitrogen and oxygen atoms in total. The second kappa shape index (κ2) is 5.35. The predicted octanol–water partition coefficient (Wildman–Crippen LogP) is 3.12. The van der Waals surface area contributed by atoms with Crippen LogP contribution >= 0.6 is 0 Å². The lowest BCUT2D eigenvalue weighted by Crippen LogP contribution is -2.43. The SMILES string of the molecule is Cc1c(N)nc(C(C)C)nc1N1CCCC(C)C1C. The van der Waals surface area contributed by atoms with E-state index in [9.17, 15) is 0 Å². The molecule has 2 unspecified atom stereocenters. The Hall–Kier alpha value is -1.32. The lowest BCUT2D eigenvalue weighted by molar-refractivity contribution is 0.361. The maximum absolute atomic E-state index is 6.07. The molecule has 106 valence electrons. The molecule has 0 aliphatic carbocycles. The minimum Gasteiger partial charge on any atom is -0.383 e. The van der Waals surface area contributed by atoms with Crippen molar-refractivity contribution in [3.05, 3.63) is 11.4 Å². The van der Waals surface area contributed by atoms with Gasteiger partial charge in [0.25, 0.3) is 0 Å². The van der Waals surface area contributed by atoms with Gasteiger partial charge >= 0.3 is 0 Å². The molecule has 0 bridgehead atoms. The summed E-state index contributed by atoms with van der Waals surface area (Å²) in [5.41, 5.74) is 7.09. The monoisotopic (exact) mass is 262 g/mol. The summed E-state index contributed by atoms with van der Waals surface area (Å²) in [6, 6.07) is 0.516. The van der Waals surface area contributed by atoms with Crippen LogP contribution in [-0.2, 0) is 0 Å². The Kier molecular flexibility index (Phi) is 3.97. The van der Waals surface area contributed by atoms with Gasteiger partial charge in [-0.25, -0.2) is 9.97 Å². The molecule has 1 aromatic rings. The summed E-state index contributed by atoms with van der Waals surface area (Å²) in [5, 5.41) is 0. The summed E-state index contributed by atoms with van der Waals surface area (Å²) < 4.78 is 0. The van der Waals surface area contributed by atoms with Crippen molar-refractivity contribution >= 4 is 11.6 Å². The van der Waals surface area contributed by atoms with Gasteiger partial charge in [0.1, 0.15) is 17.5 Å². The summed E-state index contributed by atoms with van der Waals surface area (Å²) in [6.07, 6.45) is 2.53. The number of nitrogens with zero attached hydrogens (tertiary/aromatic N) is 3. The molecule has 0 aromatic carbocycles. The van der Waals surface area contributed by atoms with Crippen molar-refractivity contribution < 1.29 is 0 Å². The number of nitrogens with two attached hydrogens (primary N) is 1. The molecular weight excluding hydrogens is 236 g/mol. The van der Waals surface area contributed by atoms with E-state index in [0.717, 1.165) is 23.8 Å². The molecule has 1 aromatic heterocycles. The van der Waals surface area contributed by atoms with Crippen molar-refractivity contribution in [1.29, 1.82) is 0 Å². The van der Waals surface area contributed by atoms with E-state index in [4.69, 9.17) is 10.7 Å². The smallest absolute Gasteiger partial charge is 0.137 e. The molecule has 2 rings (SSSR count). The quantitative estimate of drug-likeness (QED) is 0.889. The Morgan fingerprint density at radius 3 is 2.58 bits per heavy atom. The van der Waals surface area contributed by atoms with Gasteiger partial charge in [-0.1, -0.05) is 20.8 Å². The molecule has 2 N–H and O–H groups in total. The number of aromatic nitrogens is 2. The highest BCUT2D eigenvalue weighted by atomic mass is 15.2. The van der Waals surface area contributed by atoms with E-state index < -0.39 is 0 Å². The van der Waals surface area contributed by atoms with Crippen molar-refractivity contribution in [2.75, 3.05) is 17.2 Å². The molecule has 1 aliphatic rings. The average molecular weight is 262 g/mol. The van der Waals surface area contributed by atoms with E-state index in [0.29, 0.717) is 23.7 Å². The van der Waals surface area contributed by atoms with Crippen LogP contribution in [0.3, 0.4) is 0 Å². The molecule has 19 heavy (non-hydrogen) atoms. The second-order valence-corrected chi connectivity index (χ2v) is 6.12. The maximum atomic E-state index is 6.07. The standard InChI is InChI=1S/C15H26N4/c1-9(2)14-17-13(16)11(4)15(18-14)19-8-6-7-10(3)12(19)5/h9-10,12H,6-8H2,1-5H3,(H2,16,17,18). The second-order valence-electron chi connectivity index (χ2n) is 6.12. The van der Waals surface area contributed by atoms with Gasteiger partial charge in [0.2, 0.25) is 0 Å². The molecular formula is C15H26N4. The molecule has 4 heteroatoms. The number of anilines is 2. The summed E-state index contributed by atoms with van der Waals surface area (Å²) in [7, 11) is 0. The zero-order valence-corrected chi connectivity index (χ0v) is 12.8. The molecule has 1 saturated heterocycles. The van der Waals surface area contributed by atoms with Crippen LogP contribution in [0.15, 0.2) is 0 Å². The maximum Gasteiger partial charge on any atom is 0.137 e. The molecule has 0 radical (unpaired) electrons. The highest BCUT2D eigenvalue weighted by Crippen LogP contribution is 2.31. The number of hydrogen-bond acceptors (Lipinski definition) is 4. The van der Waals surface area contributed by atoms with Crippen LogP contribution in [0.2, 0.25) is 0 Å². The minimum atomic E-state index is 0.305. The average Bonchev–Trinajstić information content (AvgIpc) is 2.36. The van der Waals surface area contributed by atoms with Crippen molar-refractivity contribution in [3.63, 3.8) is 0 Å². The van der Waals surface area contributed by atoms with Crippen LogP contribution in [0.25, 0.3) is 0 Å². The molecule has 2 atom stereocenters. The number of hydrogen-bond donors (Lipinski definition) is 1. The van der Waals surface area contributed by atoms with Crippen molar-refractivity contribution in [2.45, 2.75) is 59.4 Å². The normalized spacial score (nSPS) is 24.0. The molecule has 1 aliphatic heterocycles. The summed E-state index contributed by atoms with van der Waals surface area (Å²) >= 11 is 0. The minimum absolute atomic E-state index is 0.305. The summed E-state index contributed by atoms with van der Waals surface area (Å²) in [4.78, 5) is 11.6. The molecule has 0 saturated carbocycles. The largest absolute Gasteiger partial charge is 0.383 e. The first-order chi connectivity index (χ1) is 8.91. The van der Waals surface area contributed by atoms with Crippen LogP contribution in [0.5, 0.6) is 0 Å². The van der Waals surface area contributed by atoms with Crippen LogP contribution in [0.4, 0.5) is 11.6 Å². The van der Waals surface area contributed by atoms with Crippen LogP contribution in [0.1, 0.15) is 57.8 Å². The Morgan fingerprint density at radius 2 is 1.95 bits per heavy atom. The van der Waals surface area contributed by atoms with Gasteiger partial charge in [-0.3, -0.25) is 0 Å². The fourth-order valence-corrected chi connectivity index (χ4v) is 2.71. The topological polar surface area (TPSA) is 55.0 Å². The Morgan fingerprint density at radius 1 is 1.26 bits per heavy atom. The molecule has 1 fully saturated rings. The zero-order valence-electron chi connectivity index (χ0n) is 12.8. The van der Waals surface area contributed by atoms with Crippen molar-refractivity contribution in [2.24, 2.45) is 5.92 Å². The lowest BCUT2D eigenvalue weighted by atomic mass is 9.92. The van der Waals surface area contributed by atoms with Gasteiger partial charge in [-0.05, 0) is 32.6 Å². The van der Waals surface area contributed by atoms with Gasteiger partial charge in [0.15, 0.2) is 0 Å². The van der Waals surface area contributed by atoms with E-state index in [1.54, 1.807) is 0 Å². The van der Waals surface area contributed by atoms with Gasteiger partial charge in [0.05, 0.1) is 0 Å². The van der Waals surface area contributed by atoms with Gasteiger partial charge in [-0.15, -0.1) is 0 Å². The van der Waals surface area contributed by atoms with E-state index in [2.05, 4.69) is 37.6 Å². The third-order valence-corrected chi connectivity index (χ3v) is 4.34. The van der Waals surface area contributed by atoms with E-state index in [1.165, 1.54) is 12.8 Å². The van der Waals surface area contributed by atoms with Gasteiger partial charge in [0, 0.05) is 24.1 Å². The fraction of sp³-hybridized carbons (Fsp3) is 0.733. The van der Waals surface area contributed by atoms with Crippen molar-refractivity contribution in [1.82, 2.24) is 9.97 Å². The number of nitrogen functional groups attached to an aromatic ring is 1. The third kappa shape index (κ3) is 2.67. The first-order valence-electron chi connectivity index (χ1n) is 7.32. The van der Waals surface area contributed by atoms with E-state index >= 15 is 0 Å². The van der Waals surface area contributed by atoms with E-state index in [1.807, 2.05) is 6.92 Å². The lowest BCUT2D eigenvalue weighted by Gasteiger charge is -2.39. The Bertz CT molecular complexity index is 456. The van der Waals surface area contributed by atoms with Crippen LogP contribution in [-0.4, -0.2) is 22.6 Å². The van der Waals surface area contributed by atoms with Crippen LogP contribution < -0.4 is 10.6 Å². The zero-order chi connectivity index (χ0) is 14.2. The van der Waals surface area contributed by atoms with Gasteiger partial charge in [-0.2, -0.15) is 0 Å². The van der Waals surface area contributed by atoms with Gasteiger partial charge < -0.3 is 10.6 Å². The first-order valence-corrected chi connectivity index (χ1v) is 7.32. The van der Waals surface area contributed by atoms with Crippen LogP contribution in [0, 0.1) is 12.8 Å². The summed E-state index contributed by atoms with van der Waals surface area (Å²) in [6.45, 7) is 11.9. The summed E-state index contributed by atoms with van der Waals surface area (Å²) in [5.74, 6) is 3.52. The molecule has 2 heterocycles. The van der Waals surface area contributed by atoms with E-state index in [-0.39, 0.29) is 0 Å². The number of piperidine rings is 1. The Balaban J connectivity index is 2.43. The molecule has 0 amide bonds. The first kappa shape index (κ1) is 14.1. The predicted molar refractivity (Wildman–Crippen MR) is 80.5 cm³/mol. The fourth-order valence-electron chi connectivity index (χ4n) is 2.71. The molecule has 0 spiro atoms. The third-order valence-electron chi connectivity index (χ3n) is 4.34. The number of rotatable bonds is 2. The highest BCUT2D eigenvalue weighted by molar-refractivity contribution is 5.57. The highest BCUT2D eigenvalue weighted by Gasteiger charge is 2.28. The Labute approximate surface area is 116 Å². The van der Waals surface area contributed by atoms with Crippen molar-refractivity contribution in [3.8, 4) is 0 Å².